The van der Waals surface area contributed by atoms with Crippen LogP contribution in [0.15, 0.2) is 84.9 Å². The molecule has 3 aromatic rings. The van der Waals surface area contributed by atoms with Crippen LogP contribution in [0.1, 0.15) is 18.0 Å². The van der Waals surface area contributed by atoms with Gasteiger partial charge in [-0.2, -0.15) is 0 Å². The molecule has 5 nitrogen and oxygen atoms in total. The van der Waals surface area contributed by atoms with Gasteiger partial charge in [0.2, 0.25) is 0 Å². The van der Waals surface area contributed by atoms with Gasteiger partial charge in [-0.15, -0.1) is 0 Å². The fourth-order valence-electron chi connectivity index (χ4n) is 4.16. The van der Waals surface area contributed by atoms with Crippen molar-refractivity contribution in [3.8, 4) is 5.75 Å². The first kappa shape index (κ1) is 17.8. The average Bonchev–Trinajstić information content (AvgIpc) is 3.22. The number of anilines is 2. The number of amides is 1. The van der Waals surface area contributed by atoms with E-state index in [0.717, 1.165) is 22.7 Å². The lowest BCUT2D eigenvalue weighted by molar-refractivity contribution is -0.149. The summed E-state index contributed by atoms with van der Waals surface area (Å²) in [6, 6.07) is 27.7. The zero-order valence-corrected chi connectivity index (χ0v) is 16.2. The van der Waals surface area contributed by atoms with Crippen LogP contribution in [0, 0.1) is 0 Å². The molecular weight excluding hydrogens is 364 g/mol. The van der Waals surface area contributed by atoms with Gasteiger partial charge in [0.25, 0.3) is 5.91 Å². The lowest BCUT2D eigenvalue weighted by Crippen LogP contribution is -2.67. The molecule has 0 aromatic heterocycles. The first-order valence-corrected chi connectivity index (χ1v) is 9.75. The van der Waals surface area contributed by atoms with E-state index in [-0.39, 0.29) is 11.9 Å². The van der Waals surface area contributed by atoms with Gasteiger partial charge in [-0.05, 0) is 42.0 Å². The molecule has 2 atom stereocenters. The van der Waals surface area contributed by atoms with Gasteiger partial charge in [-0.3, -0.25) is 9.63 Å². The highest BCUT2D eigenvalue weighted by molar-refractivity contribution is 6.07. The van der Waals surface area contributed by atoms with Gasteiger partial charge < -0.3 is 9.64 Å². The van der Waals surface area contributed by atoms with Gasteiger partial charge >= 0.3 is 0 Å². The Morgan fingerprint density at radius 2 is 1.55 bits per heavy atom. The van der Waals surface area contributed by atoms with Crippen molar-refractivity contribution in [3.05, 3.63) is 90.5 Å². The molecule has 2 aliphatic rings. The van der Waals surface area contributed by atoms with E-state index in [1.165, 1.54) is 0 Å². The van der Waals surface area contributed by atoms with Crippen LogP contribution in [0.5, 0.6) is 5.75 Å². The summed E-state index contributed by atoms with van der Waals surface area (Å²) in [5, 5.41) is 1.90. The Labute approximate surface area is 170 Å². The first-order valence-electron chi connectivity index (χ1n) is 9.75. The Hall–Kier alpha value is -3.31. The number of para-hydroxylation sites is 1. The van der Waals surface area contributed by atoms with Crippen molar-refractivity contribution < 1.29 is 14.4 Å². The fraction of sp³-hybridized carbons (Fsp3) is 0.208. The van der Waals surface area contributed by atoms with E-state index in [2.05, 4.69) is 12.1 Å². The summed E-state index contributed by atoms with van der Waals surface area (Å²) >= 11 is 0. The normalized spacial score (nSPS) is 23.3. The van der Waals surface area contributed by atoms with Gasteiger partial charge in [0.15, 0.2) is 5.60 Å². The maximum atomic E-state index is 13.2. The lowest BCUT2D eigenvalue weighted by atomic mass is 9.84. The number of ether oxygens (including phenoxy) is 1. The molecule has 3 aromatic carbocycles. The third kappa shape index (κ3) is 2.95. The zero-order valence-electron chi connectivity index (χ0n) is 16.2. The number of carbonyl (C=O) groups excluding carboxylic acids is 1. The number of methoxy groups -OCH3 is 1. The molecule has 29 heavy (non-hydrogen) atoms. The van der Waals surface area contributed by atoms with Crippen LogP contribution >= 0.6 is 0 Å². The molecular formula is C24H22N2O3. The number of benzene rings is 3. The second kappa shape index (κ2) is 6.94. The zero-order chi connectivity index (χ0) is 19.8. The van der Waals surface area contributed by atoms with Crippen LogP contribution in [-0.4, -0.2) is 25.2 Å². The summed E-state index contributed by atoms with van der Waals surface area (Å²) in [7, 11) is 1.63. The van der Waals surface area contributed by atoms with Crippen LogP contribution < -0.4 is 14.7 Å². The molecule has 0 saturated carbocycles. The highest BCUT2D eigenvalue weighted by atomic mass is 16.7. The quantitative estimate of drug-likeness (QED) is 0.625. The Balaban J connectivity index is 1.43. The number of carbonyl (C=O) groups is 1. The number of hydroxylamine groups is 1. The van der Waals surface area contributed by atoms with E-state index < -0.39 is 5.60 Å². The Morgan fingerprint density at radius 3 is 2.17 bits per heavy atom. The predicted octanol–water partition coefficient (Wildman–Crippen LogP) is 4.36. The van der Waals surface area contributed by atoms with Crippen LogP contribution in [0.3, 0.4) is 0 Å². The number of hydrogen-bond donors (Lipinski definition) is 0. The smallest absolute Gasteiger partial charge is 0.264 e. The van der Waals surface area contributed by atoms with Gasteiger partial charge in [0.05, 0.1) is 25.4 Å². The summed E-state index contributed by atoms with van der Waals surface area (Å²) < 4.78 is 5.21. The van der Waals surface area contributed by atoms with Crippen molar-refractivity contribution in [1.82, 2.24) is 0 Å². The lowest BCUT2D eigenvalue weighted by Gasteiger charge is -2.45. The van der Waals surface area contributed by atoms with Crippen molar-refractivity contribution in [2.24, 2.45) is 0 Å². The minimum Gasteiger partial charge on any atom is -0.497 e. The molecule has 2 unspecified atom stereocenters. The largest absolute Gasteiger partial charge is 0.497 e. The molecule has 2 aliphatic heterocycles. The topological polar surface area (TPSA) is 42.0 Å². The van der Waals surface area contributed by atoms with E-state index in [1.807, 2.05) is 77.9 Å². The van der Waals surface area contributed by atoms with E-state index in [4.69, 9.17) is 9.57 Å². The minimum atomic E-state index is -0.823. The highest BCUT2D eigenvalue weighted by Gasteiger charge is 2.61. The molecule has 1 amide bonds. The van der Waals surface area contributed by atoms with Crippen LogP contribution in [0.4, 0.5) is 11.4 Å². The van der Waals surface area contributed by atoms with Crippen molar-refractivity contribution in [3.63, 3.8) is 0 Å². The molecule has 2 heterocycles. The molecule has 5 rings (SSSR count). The Bertz CT molecular complexity index is 958. The van der Waals surface area contributed by atoms with Crippen molar-refractivity contribution in [2.45, 2.75) is 18.1 Å². The molecule has 0 N–H and O–H groups in total. The van der Waals surface area contributed by atoms with Crippen LogP contribution in [0.25, 0.3) is 0 Å². The predicted molar refractivity (Wildman–Crippen MR) is 112 cm³/mol. The van der Waals surface area contributed by atoms with Gasteiger partial charge in [0.1, 0.15) is 5.75 Å². The highest BCUT2D eigenvalue weighted by Crippen LogP contribution is 2.48. The number of nitrogens with zero attached hydrogens (tertiary/aromatic N) is 2. The molecule has 0 aliphatic carbocycles. The molecule has 1 spiro atoms. The second-order valence-electron chi connectivity index (χ2n) is 7.47. The third-order valence-electron chi connectivity index (χ3n) is 5.71. The summed E-state index contributed by atoms with van der Waals surface area (Å²) in [4.78, 5) is 21.4. The van der Waals surface area contributed by atoms with E-state index in [0.29, 0.717) is 13.0 Å². The van der Waals surface area contributed by atoms with Crippen LogP contribution in [0.2, 0.25) is 0 Å². The van der Waals surface area contributed by atoms with E-state index in [1.54, 1.807) is 12.0 Å². The minimum absolute atomic E-state index is 0.00188. The van der Waals surface area contributed by atoms with Crippen molar-refractivity contribution in [1.29, 1.82) is 0 Å². The maximum Gasteiger partial charge on any atom is 0.264 e. The second-order valence-corrected chi connectivity index (χ2v) is 7.47. The number of hydrogen-bond acceptors (Lipinski definition) is 4. The summed E-state index contributed by atoms with van der Waals surface area (Å²) in [6.07, 6.45) is 0.622. The average molecular weight is 386 g/mol. The van der Waals surface area contributed by atoms with E-state index >= 15 is 0 Å². The summed E-state index contributed by atoms with van der Waals surface area (Å²) in [5.41, 5.74) is 2.13. The first-order chi connectivity index (χ1) is 14.2. The van der Waals surface area contributed by atoms with Crippen molar-refractivity contribution in [2.75, 3.05) is 23.6 Å². The molecule has 2 fully saturated rings. The molecule has 0 bridgehead atoms. The van der Waals surface area contributed by atoms with Crippen molar-refractivity contribution >= 4 is 17.3 Å². The number of rotatable bonds is 4. The Kier molecular flexibility index (Phi) is 4.25. The Morgan fingerprint density at radius 1 is 0.897 bits per heavy atom. The molecule has 5 heteroatoms. The number of β-lactam (4-membered cyclic amide) rings is 1. The maximum absolute atomic E-state index is 13.2. The van der Waals surface area contributed by atoms with E-state index in [9.17, 15) is 4.79 Å². The van der Waals surface area contributed by atoms with Crippen LogP contribution in [-0.2, 0) is 9.63 Å². The molecule has 0 radical (unpaired) electrons. The monoisotopic (exact) mass is 386 g/mol. The third-order valence-corrected chi connectivity index (χ3v) is 5.71. The molecule has 2 saturated heterocycles. The van der Waals surface area contributed by atoms with Gasteiger partial charge in [0, 0.05) is 12.1 Å². The summed E-state index contributed by atoms with van der Waals surface area (Å²) in [6.45, 7) is 0.533. The summed E-state index contributed by atoms with van der Waals surface area (Å²) in [5.74, 6) is 0.773. The standard InChI is InChI=1S/C24H22N2O3/c1-28-21-14-12-19(13-15-21)25-17-24(23(25)27)16-22(18-8-4-2-5-9-18)26(29-24)20-10-6-3-7-11-20/h2-15,22H,16-17H2,1H3. The SMILES string of the molecule is COc1ccc(N2CC3(CC(c4ccccc4)N(c4ccccc4)O3)C2=O)cc1. The van der Waals surface area contributed by atoms with Gasteiger partial charge in [-0.1, -0.05) is 48.5 Å². The fourth-order valence-corrected chi connectivity index (χ4v) is 4.16. The molecule has 146 valence electrons. The van der Waals surface area contributed by atoms with Gasteiger partial charge in [-0.25, -0.2) is 5.06 Å².